The maximum atomic E-state index is 12.5. The van der Waals surface area contributed by atoms with Crippen LogP contribution in [0.1, 0.15) is 12.5 Å². The van der Waals surface area contributed by atoms with Crippen molar-refractivity contribution < 1.29 is 4.79 Å². The number of nitrogens with zero attached hydrogens (tertiary/aromatic N) is 4. The number of hydrogen-bond donors (Lipinski definition) is 0. The molecule has 1 saturated heterocycles. The first-order valence-corrected chi connectivity index (χ1v) is 8.01. The normalized spacial score (nSPS) is 16.0. The summed E-state index contributed by atoms with van der Waals surface area (Å²) >= 11 is 0. The molecule has 122 valence electrons. The van der Waals surface area contributed by atoms with Gasteiger partial charge in [-0.3, -0.25) is 4.79 Å². The smallest absolute Gasteiger partial charge is 0.266 e. The van der Waals surface area contributed by atoms with E-state index in [2.05, 4.69) is 11.0 Å². The van der Waals surface area contributed by atoms with Gasteiger partial charge in [0.05, 0.1) is 0 Å². The Bertz CT molecular complexity index is 583. The van der Waals surface area contributed by atoms with Crippen LogP contribution in [0.4, 0.5) is 0 Å². The van der Waals surface area contributed by atoms with Crippen LogP contribution in [0.3, 0.4) is 0 Å². The van der Waals surface area contributed by atoms with E-state index < -0.39 is 0 Å². The first-order valence-electron chi connectivity index (χ1n) is 8.01. The highest BCUT2D eigenvalue weighted by Crippen LogP contribution is 2.10. The van der Waals surface area contributed by atoms with E-state index in [0.29, 0.717) is 19.6 Å². The van der Waals surface area contributed by atoms with Crippen LogP contribution in [0.5, 0.6) is 0 Å². The van der Waals surface area contributed by atoms with Crippen molar-refractivity contribution in [3.05, 3.63) is 47.7 Å². The Kier molecular flexibility index (Phi) is 6.19. The molecule has 1 aromatic rings. The van der Waals surface area contributed by atoms with Gasteiger partial charge in [-0.05, 0) is 19.5 Å². The number of benzene rings is 1. The Morgan fingerprint density at radius 1 is 1.26 bits per heavy atom. The van der Waals surface area contributed by atoms with E-state index in [-0.39, 0.29) is 11.5 Å². The van der Waals surface area contributed by atoms with E-state index in [1.165, 1.54) is 0 Å². The van der Waals surface area contributed by atoms with Gasteiger partial charge < -0.3 is 14.7 Å². The molecule has 0 bridgehead atoms. The van der Waals surface area contributed by atoms with Crippen LogP contribution in [-0.4, -0.2) is 60.4 Å². The van der Waals surface area contributed by atoms with Crippen molar-refractivity contribution in [3.8, 4) is 6.07 Å². The average molecular weight is 312 g/mol. The van der Waals surface area contributed by atoms with Crippen LogP contribution in [-0.2, 0) is 11.3 Å². The lowest BCUT2D eigenvalue weighted by Gasteiger charge is -2.32. The van der Waals surface area contributed by atoms with Crippen LogP contribution in [0.25, 0.3) is 0 Å². The quantitative estimate of drug-likeness (QED) is 0.613. The van der Waals surface area contributed by atoms with Crippen LogP contribution in [0.15, 0.2) is 42.1 Å². The Morgan fingerprint density at radius 2 is 1.91 bits per heavy atom. The lowest BCUT2D eigenvalue weighted by atomic mass is 10.2. The largest absolute Gasteiger partial charge is 0.372 e. The van der Waals surface area contributed by atoms with Crippen LogP contribution in [0.2, 0.25) is 0 Å². The fourth-order valence-electron chi connectivity index (χ4n) is 2.56. The van der Waals surface area contributed by atoms with Crippen molar-refractivity contribution in [1.82, 2.24) is 14.7 Å². The molecule has 0 aliphatic carbocycles. The minimum atomic E-state index is -0.160. The van der Waals surface area contributed by atoms with Gasteiger partial charge in [0.25, 0.3) is 5.91 Å². The number of carbonyl (C=O) groups is 1. The number of piperazine rings is 1. The summed E-state index contributed by atoms with van der Waals surface area (Å²) in [6.45, 7) is 6.53. The molecular weight excluding hydrogens is 288 g/mol. The molecule has 0 unspecified atom stereocenters. The number of hydrogen-bond acceptors (Lipinski definition) is 4. The lowest BCUT2D eigenvalue weighted by Crippen LogP contribution is -2.47. The third kappa shape index (κ3) is 4.83. The molecule has 0 N–H and O–H groups in total. The number of likely N-dealkylation sites (N-methyl/N-ethyl adjacent to an activating group) is 1. The molecule has 1 fully saturated rings. The topological polar surface area (TPSA) is 50.6 Å². The zero-order chi connectivity index (χ0) is 16.7. The SMILES string of the molecule is CCN(/C=C(/C#N)C(=O)N1CCN(C)CC1)Cc1ccccc1. The number of carbonyl (C=O) groups excluding carboxylic acids is 1. The van der Waals surface area contributed by atoms with Crippen LogP contribution < -0.4 is 0 Å². The summed E-state index contributed by atoms with van der Waals surface area (Å²) in [5, 5.41) is 9.39. The molecule has 23 heavy (non-hydrogen) atoms. The molecule has 1 aliphatic heterocycles. The maximum Gasteiger partial charge on any atom is 0.266 e. The Morgan fingerprint density at radius 3 is 2.48 bits per heavy atom. The molecule has 0 aromatic heterocycles. The van der Waals surface area contributed by atoms with E-state index in [1.54, 1.807) is 11.1 Å². The number of amides is 1. The van der Waals surface area contributed by atoms with E-state index >= 15 is 0 Å². The predicted octanol–water partition coefficient (Wildman–Crippen LogP) is 1.69. The van der Waals surface area contributed by atoms with Gasteiger partial charge in [-0.15, -0.1) is 0 Å². The van der Waals surface area contributed by atoms with Crippen LogP contribution >= 0.6 is 0 Å². The lowest BCUT2D eigenvalue weighted by molar-refractivity contribution is -0.128. The van der Waals surface area contributed by atoms with Crippen LogP contribution in [0, 0.1) is 11.3 Å². The average Bonchev–Trinajstić information content (AvgIpc) is 2.59. The molecule has 5 nitrogen and oxygen atoms in total. The van der Waals surface area contributed by atoms with Crippen molar-refractivity contribution in [1.29, 1.82) is 5.26 Å². The van der Waals surface area contributed by atoms with Crippen molar-refractivity contribution in [2.75, 3.05) is 39.8 Å². The molecule has 0 saturated carbocycles. The van der Waals surface area contributed by atoms with Gasteiger partial charge in [0.15, 0.2) is 0 Å². The summed E-state index contributed by atoms with van der Waals surface area (Å²) in [5.41, 5.74) is 1.38. The second-order valence-electron chi connectivity index (χ2n) is 5.80. The molecule has 0 radical (unpaired) electrons. The number of rotatable bonds is 5. The third-order valence-electron chi connectivity index (χ3n) is 4.09. The predicted molar refractivity (Wildman–Crippen MR) is 90.3 cm³/mol. The van der Waals surface area contributed by atoms with E-state index in [1.807, 2.05) is 49.2 Å². The molecular formula is C18H24N4O. The Hall–Kier alpha value is -2.32. The molecule has 1 amide bonds. The number of nitriles is 1. The first kappa shape index (κ1) is 17.0. The minimum Gasteiger partial charge on any atom is -0.372 e. The highest BCUT2D eigenvalue weighted by Gasteiger charge is 2.22. The third-order valence-corrected chi connectivity index (χ3v) is 4.09. The summed E-state index contributed by atoms with van der Waals surface area (Å²) in [7, 11) is 2.04. The summed E-state index contributed by atoms with van der Waals surface area (Å²) in [6, 6.07) is 12.1. The molecule has 0 spiro atoms. The molecule has 1 heterocycles. The molecule has 5 heteroatoms. The van der Waals surface area contributed by atoms with Gasteiger partial charge in [0.1, 0.15) is 11.6 Å². The second-order valence-corrected chi connectivity index (χ2v) is 5.80. The monoisotopic (exact) mass is 312 g/mol. The summed E-state index contributed by atoms with van der Waals surface area (Å²) < 4.78 is 0. The highest BCUT2D eigenvalue weighted by atomic mass is 16.2. The molecule has 1 aromatic carbocycles. The van der Waals surface area contributed by atoms with Gasteiger partial charge in [0, 0.05) is 45.5 Å². The fraction of sp³-hybridized carbons (Fsp3) is 0.444. The maximum absolute atomic E-state index is 12.5. The second kappa shape index (κ2) is 8.35. The summed E-state index contributed by atoms with van der Waals surface area (Å²) in [4.78, 5) is 18.5. The molecule has 1 aliphatic rings. The first-order chi connectivity index (χ1) is 11.1. The van der Waals surface area contributed by atoms with Crippen molar-refractivity contribution in [3.63, 3.8) is 0 Å². The van der Waals surface area contributed by atoms with Crippen molar-refractivity contribution in [2.24, 2.45) is 0 Å². The van der Waals surface area contributed by atoms with E-state index in [0.717, 1.165) is 25.2 Å². The minimum absolute atomic E-state index is 0.160. The standard InChI is InChI=1S/C18H24N4O/c1-3-21(14-16-7-5-4-6-8-16)15-17(13-19)18(23)22-11-9-20(2)10-12-22/h4-8,15H,3,9-12,14H2,1-2H3/b17-15-. The van der Waals surface area contributed by atoms with Gasteiger partial charge in [0.2, 0.25) is 0 Å². The van der Waals surface area contributed by atoms with Gasteiger partial charge in [-0.1, -0.05) is 30.3 Å². The summed E-state index contributed by atoms with van der Waals surface area (Å²) in [6.07, 6.45) is 1.70. The van der Waals surface area contributed by atoms with E-state index in [9.17, 15) is 10.1 Å². The van der Waals surface area contributed by atoms with Crippen molar-refractivity contribution >= 4 is 5.91 Å². The van der Waals surface area contributed by atoms with Gasteiger partial charge in [-0.2, -0.15) is 5.26 Å². The Balaban J connectivity index is 2.06. The van der Waals surface area contributed by atoms with Gasteiger partial charge in [-0.25, -0.2) is 0 Å². The zero-order valence-corrected chi connectivity index (χ0v) is 13.9. The summed E-state index contributed by atoms with van der Waals surface area (Å²) in [5.74, 6) is -0.160. The highest BCUT2D eigenvalue weighted by molar-refractivity contribution is 5.97. The fourth-order valence-corrected chi connectivity index (χ4v) is 2.56. The molecule has 0 atom stereocenters. The zero-order valence-electron chi connectivity index (χ0n) is 13.9. The molecule has 2 rings (SSSR count). The van der Waals surface area contributed by atoms with Gasteiger partial charge >= 0.3 is 0 Å². The Labute approximate surface area is 138 Å². The van der Waals surface area contributed by atoms with E-state index in [4.69, 9.17) is 0 Å². The van der Waals surface area contributed by atoms with Crippen molar-refractivity contribution in [2.45, 2.75) is 13.5 Å².